The summed E-state index contributed by atoms with van der Waals surface area (Å²) in [7, 11) is 0. The molecule has 1 heterocycles. The SMILES string of the molecule is CCOC(=O)c1c(C)nc(C)c(C(=O)OCC)c1-c1ccc(C(C)C)cc1. The van der Waals surface area contributed by atoms with Crippen molar-refractivity contribution in [1.82, 2.24) is 4.98 Å². The van der Waals surface area contributed by atoms with Gasteiger partial charge in [-0.15, -0.1) is 0 Å². The Morgan fingerprint density at radius 2 is 1.33 bits per heavy atom. The molecule has 5 nitrogen and oxygen atoms in total. The average Bonchev–Trinajstić information content (AvgIpc) is 2.61. The average molecular weight is 369 g/mol. The standard InChI is InChI=1S/C22H27NO4/c1-7-26-21(24)18-14(5)23-15(6)19(22(25)27-8-2)20(18)17-11-9-16(10-12-17)13(3)4/h9-13H,7-8H2,1-6H3. The van der Waals surface area contributed by atoms with Gasteiger partial charge in [-0.05, 0) is 44.7 Å². The number of ether oxygens (including phenoxy) is 2. The normalized spacial score (nSPS) is 10.8. The molecule has 0 aliphatic heterocycles. The molecule has 144 valence electrons. The van der Waals surface area contributed by atoms with Crippen molar-refractivity contribution >= 4 is 11.9 Å². The minimum Gasteiger partial charge on any atom is -0.462 e. The molecule has 0 unspecified atom stereocenters. The highest BCUT2D eigenvalue weighted by Gasteiger charge is 2.27. The molecule has 0 saturated heterocycles. The van der Waals surface area contributed by atoms with Crippen molar-refractivity contribution < 1.29 is 19.1 Å². The lowest BCUT2D eigenvalue weighted by Crippen LogP contribution is -2.17. The van der Waals surface area contributed by atoms with Crippen LogP contribution in [0.4, 0.5) is 0 Å². The van der Waals surface area contributed by atoms with Crippen molar-refractivity contribution in [2.75, 3.05) is 13.2 Å². The van der Waals surface area contributed by atoms with E-state index in [9.17, 15) is 9.59 Å². The molecule has 1 aromatic carbocycles. The van der Waals surface area contributed by atoms with E-state index < -0.39 is 11.9 Å². The van der Waals surface area contributed by atoms with Crippen molar-refractivity contribution in [3.63, 3.8) is 0 Å². The maximum Gasteiger partial charge on any atom is 0.340 e. The summed E-state index contributed by atoms with van der Waals surface area (Å²) < 4.78 is 10.5. The van der Waals surface area contributed by atoms with Crippen molar-refractivity contribution in [1.29, 1.82) is 0 Å². The van der Waals surface area contributed by atoms with Gasteiger partial charge in [0.1, 0.15) is 0 Å². The highest BCUT2D eigenvalue weighted by atomic mass is 16.5. The van der Waals surface area contributed by atoms with E-state index in [2.05, 4.69) is 18.8 Å². The molecule has 0 radical (unpaired) electrons. The van der Waals surface area contributed by atoms with Crippen LogP contribution in [0.3, 0.4) is 0 Å². The first-order chi connectivity index (χ1) is 12.8. The molecule has 1 aromatic heterocycles. The van der Waals surface area contributed by atoms with Crippen LogP contribution >= 0.6 is 0 Å². The van der Waals surface area contributed by atoms with E-state index in [0.717, 1.165) is 5.56 Å². The lowest BCUT2D eigenvalue weighted by molar-refractivity contribution is 0.0525. The number of aromatic nitrogens is 1. The van der Waals surface area contributed by atoms with Crippen LogP contribution in [0.5, 0.6) is 0 Å². The number of hydrogen-bond acceptors (Lipinski definition) is 5. The summed E-state index contributed by atoms with van der Waals surface area (Å²) in [4.78, 5) is 29.7. The van der Waals surface area contributed by atoms with Crippen LogP contribution in [0.2, 0.25) is 0 Å². The Morgan fingerprint density at radius 3 is 1.70 bits per heavy atom. The Hall–Kier alpha value is -2.69. The van der Waals surface area contributed by atoms with Gasteiger partial charge >= 0.3 is 11.9 Å². The largest absolute Gasteiger partial charge is 0.462 e. The molecule has 0 N–H and O–H groups in total. The zero-order valence-corrected chi connectivity index (χ0v) is 16.9. The molecule has 2 rings (SSSR count). The summed E-state index contributed by atoms with van der Waals surface area (Å²) in [6.45, 7) is 11.7. The number of carbonyl (C=O) groups excluding carboxylic acids is 2. The summed E-state index contributed by atoms with van der Waals surface area (Å²) in [6.07, 6.45) is 0. The Balaban J connectivity index is 2.79. The van der Waals surface area contributed by atoms with Crippen LogP contribution in [0, 0.1) is 13.8 Å². The van der Waals surface area contributed by atoms with Gasteiger partial charge in [0.2, 0.25) is 0 Å². The fourth-order valence-corrected chi connectivity index (χ4v) is 3.08. The number of rotatable bonds is 6. The molecule has 0 aliphatic carbocycles. The molecule has 5 heteroatoms. The summed E-state index contributed by atoms with van der Waals surface area (Å²) in [5.41, 5.74) is 4.14. The molecule has 2 aromatic rings. The lowest BCUT2D eigenvalue weighted by atomic mass is 9.91. The number of carbonyl (C=O) groups is 2. The van der Waals surface area contributed by atoms with Crippen LogP contribution in [-0.2, 0) is 9.47 Å². The summed E-state index contributed by atoms with van der Waals surface area (Å²) in [5, 5.41) is 0. The number of benzene rings is 1. The molecular formula is C22H27NO4. The van der Waals surface area contributed by atoms with Crippen LogP contribution in [0.15, 0.2) is 24.3 Å². The number of hydrogen-bond donors (Lipinski definition) is 0. The second kappa shape index (κ2) is 8.80. The lowest BCUT2D eigenvalue weighted by Gasteiger charge is -2.18. The third-order valence-corrected chi connectivity index (χ3v) is 4.38. The van der Waals surface area contributed by atoms with E-state index in [4.69, 9.17) is 9.47 Å². The van der Waals surface area contributed by atoms with Gasteiger partial charge in [0.05, 0.1) is 35.7 Å². The Labute approximate surface area is 160 Å². The summed E-state index contributed by atoms with van der Waals surface area (Å²) >= 11 is 0. The minimum atomic E-state index is -0.490. The molecule has 0 spiro atoms. The van der Waals surface area contributed by atoms with Crippen LogP contribution < -0.4 is 0 Å². The van der Waals surface area contributed by atoms with Gasteiger partial charge in [0.15, 0.2) is 0 Å². The van der Waals surface area contributed by atoms with Crippen molar-refractivity contribution in [3.05, 3.63) is 52.3 Å². The van der Waals surface area contributed by atoms with E-state index in [-0.39, 0.29) is 13.2 Å². The van der Waals surface area contributed by atoms with Crippen LogP contribution in [0.1, 0.15) is 71.3 Å². The minimum absolute atomic E-state index is 0.243. The van der Waals surface area contributed by atoms with Gasteiger partial charge in [-0.25, -0.2) is 9.59 Å². The Morgan fingerprint density at radius 1 is 0.889 bits per heavy atom. The molecular weight excluding hydrogens is 342 g/mol. The van der Waals surface area contributed by atoms with Crippen LogP contribution in [0.25, 0.3) is 11.1 Å². The molecule has 0 bridgehead atoms. The zero-order valence-electron chi connectivity index (χ0n) is 16.9. The molecule has 0 aliphatic rings. The van der Waals surface area contributed by atoms with E-state index in [1.54, 1.807) is 27.7 Å². The van der Waals surface area contributed by atoms with Gasteiger partial charge in [0, 0.05) is 5.56 Å². The van der Waals surface area contributed by atoms with Gasteiger partial charge in [-0.1, -0.05) is 38.1 Å². The fourth-order valence-electron chi connectivity index (χ4n) is 3.08. The van der Waals surface area contributed by atoms with E-state index in [0.29, 0.717) is 34.0 Å². The maximum atomic E-state index is 12.7. The Kier molecular flexibility index (Phi) is 6.72. The third kappa shape index (κ3) is 4.35. The second-order valence-corrected chi connectivity index (χ2v) is 6.63. The van der Waals surface area contributed by atoms with E-state index in [1.807, 2.05) is 24.3 Å². The quantitative estimate of drug-likeness (QED) is 0.682. The second-order valence-electron chi connectivity index (χ2n) is 6.63. The molecule has 0 atom stereocenters. The highest BCUT2D eigenvalue weighted by molar-refractivity contribution is 6.07. The number of pyridine rings is 1. The van der Waals surface area contributed by atoms with Gasteiger partial charge in [0.25, 0.3) is 0 Å². The monoisotopic (exact) mass is 369 g/mol. The highest BCUT2D eigenvalue weighted by Crippen LogP contribution is 2.33. The first kappa shape index (κ1) is 20.6. The van der Waals surface area contributed by atoms with Gasteiger partial charge in [-0.2, -0.15) is 0 Å². The van der Waals surface area contributed by atoms with E-state index >= 15 is 0 Å². The smallest absolute Gasteiger partial charge is 0.340 e. The van der Waals surface area contributed by atoms with Gasteiger partial charge < -0.3 is 9.47 Å². The molecule has 27 heavy (non-hydrogen) atoms. The summed E-state index contributed by atoms with van der Waals surface area (Å²) in [6, 6.07) is 7.87. The molecule has 0 fully saturated rings. The van der Waals surface area contributed by atoms with Crippen LogP contribution in [-0.4, -0.2) is 30.1 Å². The van der Waals surface area contributed by atoms with Gasteiger partial charge in [-0.3, -0.25) is 4.98 Å². The van der Waals surface area contributed by atoms with E-state index in [1.165, 1.54) is 5.56 Å². The predicted octanol–water partition coefficient (Wildman–Crippen LogP) is 4.84. The fraction of sp³-hybridized carbons (Fsp3) is 0.409. The first-order valence-electron chi connectivity index (χ1n) is 9.27. The van der Waals surface area contributed by atoms with Crippen molar-refractivity contribution in [2.45, 2.75) is 47.5 Å². The van der Waals surface area contributed by atoms with Crippen molar-refractivity contribution in [2.24, 2.45) is 0 Å². The maximum absolute atomic E-state index is 12.7. The zero-order chi connectivity index (χ0) is 20.1. The number of aryl methyl sites for hydroxylation is 2. The number of esters is 2. The third-order valence-electron chi connectivity index (χ3n) is 4.38. The predicted molar refractivity (Wildman–Crippen MR) is 105 cm³/mol. The molecule has 0 saturated carbocycles. The Bertz CT molecular complexity index is 796. The topological polar surface area (TPSA) is 65.5 Å². The van der Waals surface area contributed by atoms with Crippen molar-refractivity contribution in [3.8, 4) is 11.1 Å². The summed E-state index contributed by atoms with van der Waals surface area (Å²) in [5.74, 6) is -0.596. The number of nitrogens with zero attached hydrogens (tertiary/aromatic N) is 1. The molecule has 0 amide bonds. The first-order valence-corrected chi connectivity index (χ1v) is 9.27.